The first-order chi connectivity index (χ1) is 14.6. The summed E-state index contributed by atoms with van der Waals surface area (Å²) in [4.78, 5) is 15.5. The van der Waals surface area contributed by atoms with Gasteiger partial charge in [-0.15, -0.1) is 0 Å². The van der Waals surface area contributed by atoms with Crippen molar-refractivity contribution in [1.29, 1.82) is 0 Å². The highest BCUT2D eigenvalue weighted by Crippen LogP contribution is 2.33. The second-order valence-electron chi connectivity index (χ2n) is 7.27. The van der Waals surface area contributed by atoms with E-state index in [-0.39, 0.29) is 24.3 Å². The van der Waals surface area contributed by atoms with Crippen LogP contribution in [0.15, 0.2) is 48.5 Å². The minimum atomic E-state index is -0.291. The maximum absolute atomic E-state index is 10.4. The normalized spacial score (nSPS) is 15.7. The predicted octanol–water partition coefficient (Wildman–Crippen LogP) is 2.95. The molecule has 8 nitrogen and oxygen atoms in total. The van der Waals surface area contributed by atoms with Crippen LogP contribution in [0.3, 0.4) is 0 Å². The monoisotopic (exact) mass is 407 g/mol. The second kappa shape index (κ2) is 8.64. The summed E-state index contributed by atoms with van der Waals surface area (Å²) in [6.07, 6.45) is 1.52. The Morgan fingerprint density at radius 1 is 1.10 bits per heavy atom. The SMILES string of the molecule is CCCN(O)c1nc(-c2cccc(O)c2)nc(N2CCc3ccccc3C2CO)n1. The summed E-state index contributed by atoms with van der Waals surface area (Å²) in [7, 11) is 0. The number of fused-ring (bicyclic) bond motifs is 1. The first-order valence-corrected chi connectivity index (χ1v) is 10.1. The van der Waals surface area contributed by atoms with Crippen molar-refractivity contribution in [2.24, 2.45) is 0 Å². The zero-order valence-electron chi connectivity index (χ0n) is 16.8. The standard InChI is InChI=1S/C22H25N5O3/c1-2-11-27(30)22-24-20(16-7-5-8-17(29)13-16)23-21(25-22)26-12-10-15-6-3-4-9-18(15)19(26)14-28/h3-9,13,19,28-30H,2,10-12,14H2,1H3. The molecule has 2 aromatic carbocycles. The second-order valence-corrected chi connectivity index (χ2v) is 7.27. The van der Waals surface area contributed by atoms with E-state index in [2.05, 4.69) is 21.0 Å². The van der Waals surface area contributed by atoms with E-state index in [1.54, 1.807) is 24.3 Å². The fraction of sp³-hybridized carbons (Fsp3) is 0.318. The average molecular weight is 407 g/mol. The van der Waals surface area contributed by atoms with Crippen LogP contribution in [0.5, 0.6) is 5.75 Å². The molecule has 1 atom stereocenters. The van der Waals surface area contributed by atoms with Gasteiger partial charge in [0, 0.05) is 18.7 Å². The fourth-order valence-corrected chi connectivity index (χ4v) is 3.77. The first-order valence-electron chi connectivity index (χ1n) is 10.1. The van der Waals surface area contributed by atoms with Crippen molar-refractivity contribution >= 4 is 11.9 Å². The van der Waals surface area contributed by atoms with Gasteiger partial charge in [-0.25, -0.2) is 5.06 Å². The summed E-state index contributed by atoms with van der Waals surface area (Å²) in [6, 6.07) is 14.4. The van der Waals surface area contributed by atoms with E-state index in [1.807, 2.05) is 30.0 Å². The highest BCUT2D eigenvalue weighted by molar-refractivity contribution is 5.61. The summed E-state index contributed by atoms with van der Waals surface area (Å²) >= 11 is 0. The molecule has 0 spiro atoms. The van der Waals surface area contributed by atoms with Crippen LogP contribution in [-0.2, 0) is 6.42 Å². The summed E-state index contributed by atoms with van der Waals surface area (Å²) in [5.74, 6) is 0.958. The van der Waals surface area contributed by atoms with Crippen molar-refractivity contribution in [3.63, 3.8) is 0 Å². The quantitative estimate of drug-likeness (QED) is 0.536. The third-order valence-corrected chi connectivity index (χ3v) is 5.22. The van der Waals surface area contributed by atoms with Crippen LogP contribution in [0.25, 0.3) is 11.4 Å². The molecule has 30 heavy (non-hydrogen) atoms. The molecule has 1 aliphatic rings. The highest BCUT2D eigenvalue weighted by atomic mass is 16.5. The molecule has 0 fully saturated rings. The number of hydroxylamine groups is 1. The summed E-state index contributed by atoms with van der Waals surface area (Å²) in [5, 5.41) is 31.4. The smallest absolute Gasteiger partial charge is 0.254 e. The molecule has 0 amide bonds. The Hall–Kier alpha value is -3.23. The van der Waals surface area contributed by atoms with Crippen LogP contribution in [0.1, 0.15) is 30.5 Å². The van der Waals surface area contributed by atoms with Crippen LogP contribution in [0.4, 0.5) is 11.9 Å². The lowest BCUT2D eigenvalue weighted by Gasteiger charge is -2.36. The number of benzene rings is 2. The van der Waals surface area contributed by atoms with E-state index < -0.39 is 0 Å². The van der Waals surface area contributed by atoms with E-state index in [0.717, 1.165) is 23.5 Å². The number of aliphatic hydroxyl groups is 1. The number of aliphatic hydroxyl groups excluding tert-OH is 1. The molecule has 3 aromatic rings. The van der Waals surface area contributed by atoms with Gasteiger partial charge in [0.2, 0.25) is 5.95 Å². The minimum Gasteiger partial charge on any atom is -0.508 e. The number of nitrogens with zero attached hydrogens (tertiary/aromatic N) is 5. The molecule has 0 saturated carbocycles. The van der Waals surface area contributed by atoms with E-state index in [9.17, 15) is 15.4 Å². The number of hydrogen-bond acceptors (Lipinski definition) is 8. The van der Waals surface area contributed by atoms with Crippen molar-refractivity contribution in [3.05, 3.63) is 59.7 Å². The Morgan fingerprint density at radius 2 is 1.93 bits per heavy atom. The van der Waals surface area contributed by atoms with Gasteiger partial charge in [-0.05, 0) is 36.1 Å². The Balaban J connectivity index is 1.80. The van der Waals surface area contributed by atoms with Crippen LogP contribution in [-0.4, -0.2) is 50.1 Å². The lowest BCUT2D eigenvalue weighted by molar-refractivity contribution is 0.246. The van der Waals surface area contributed by atoms with Crippen LogP contribution in [0.2, 0.25) is 0 Å². The third kappa shape index (κ3) is 3.92. The molecule has 0 bridgehead atoms. The Bertz CT molecular complexity index is 1030. The van der Waals surface area contributed by atoms with Crippen molar-refractivity contribution in [2.75, 3.05) is 29.7 Å². The Labute approximate surface area is 175 Å². The number of phenolic OH excluding ortho intramolecular Hbond substituents is 1. The zero-order valence-corrected chi connectivity index (χ0v) is 16.8. The van der Waals surface area contributed by atoms with E-state index >= 15 is 0 Å². The van der Waals surface area contributed by atoms with Crippen molar-refractivity contribution in [1.82, 2.24) is 15.0 Å². The minimum absolute atomic E-state index is 0.0860. The van der Waals surface area contributed by atoms with Gasteiger partial charge in [0.25, 0.3) is 5.95 Å². The molecule has 4 rings (SSSR count). The van der Waals surface area contributed by atoms with Gasteiger partial charge in [0.15, 0.2) is 5.82 Å². The molecule has 0 radical (unpaired) electrons. The summed E-state index contributed by atoms with van der Waals surface area (Å²) in [6.45, 7) is 2.86. The van der Waals surface area contributed by atoms with Gasteiger partial charge in [-0.3, -0.25) is 5.21 Å². The third-order valence-electron chi connectivity index (χ3n) is 5.22. The molecule has 1 aliphatic heterocycles. The number of aromatic nitrogens is 3. The molecule has 0 aliphatic carbocycles. The number of phenols is 1. The lowest BCUT2D eigenvalue weighted by atomic mass is 9.93. The topological polar surface area (TPSA) is 106 Å². The summed E-state index contributed by atoms with van der Waals surface area (Å²) < 4.78 is 0. The van der Waals surface area contributed by atoms with Gasteiger partial charge in [0.05, 0.1) is 12.6 Å². The van der Waals surface area contributed by atoms with Crippen LogP contribution < -0.4 is 9.96 Å². The highest BCUT2D eigenvalue weighted by Gasteiger charge is 2.29. The van der Waals surface area contributed by atoms with Crippen molar-refractivity contribution in [2.45, 2.75) is 25.8 Å². The molecule has 1 aromatic heterocycles. The molecule has 3 N–H and O–H groups in total. The maximum atomic E-state index is 10.4. The molecule has 0 saturated heterocycles. The number of rotatable bonds is 6. The molecule has 1 unspecified atom stereocenters. The zero-order chi connectivity index (χ0) is 21.1. The van der Waals surface area contributed by atoms with Gasteiger partial charge in [-0.1, -0.05) is 43.3 Å². The van der Waals surface area contributed by atoms with E-state index in [0.29, 0.717) is 30.4 Å². The lowest BCUT2D eigenvalue weighted by Crippen LogP contribution is -2.39. The molecule has 2 heterocycles. The van der Waals surface area contributed by atoms with Crippen molar-refractivity contribution in [3.8, 4) is 17.1 Å². The molecule has 8 heteroatoms. The summed E-state index contributed by atoms with van der Waals surface area (Å²) in [5.41, 5.74) is 2.86. The predicted molar refractivity (Wildman–Crippen MR) is 114 cm³/mol. The van der Waals surface area contributed by atoms with E-state index in [4.69, 9.17) is 0 Å². The van der Waals surface area contributed by atoms with E-state index in [1.165, 1.54) is 5.56 Å². The van der Waals surface area contributed by atoms with Crippen molar-refractivity contribution < 1.29 is 15.4 Å². The Morgan fingerprint density at radius 3 is 2.70 bits per heavy atom. The average Bonchev–Trinajstić information content (AvgIpc) is 2.78. The number of hydrogen-bond donors (Lipinski definition) is 3. The molecule has 156 valence electrons. The molecular formula is C22H25N5O3. The number of aromatic hydroxyl groups is 1. The van der Waals surface area contributed by atoms with Gasteiger partial charge in [-0.2, -0.15) is 15.0 Å². The van der Waals surface area contributed by atoms with Gasteiger partial charge in [0.1, 0.15) is 5.75 Å². The van der Waals surface area contributed by atoms with Crippen LogP contribution in [0, 0.1) is 0 Å². The van der Waals surface area contributed by atoms with Crippen LogP contribution >= 0.6 is 0 Å². The first kappa shape index (κ1) is 20.1. The maximum Gasteiger partial charge on any atom is 0.254 e. The van der Waals surface area contributed by atoms with Gasteiger partial charge >= 0.3 is 0 Å². The molecular weight excluding hydrogens is 382 g/mol. The Kier molecular flexibility index (Phi) is 5.78. The number of anilines is 2. The largest absolute Gasteiger partial charge is 0.508 e. The van der Waals surface area contributed by atoms with Gasteiger partial charge < -0.3 is 15.1 Å². The fourth-order valence-electron chi connectivity index (χ4n) is 3.77.